The summed E-state index contributed by atoms with van der Waals surface area (Å²) in [5.41, 5.74) is 0.0567. The molecule has 0 spiro atoms. The Morgan fingerprint density at radius 2 is 0.570 bits per heavy atom. The quantitative estimate of drug-likeness (QED) is 0.0127. The molecule has 0 aromatic carbocycles. The number of aliphatic hydroxyl groups is 10. The van der Waals surface area contributed by atoms with Crippen LogP contribution in [0, 0.1) is 34.0 Å². The molecule has 0 bridgehead atoms. The molecule has 0 aliphatic rings. The van der Waals surface area contributed by atoms with Crippen molar-refractivity contribution in [3.05, 3.63) is 0 Å². The Labute approximate surface area is 910 Å². The minimum absolute atomic E-state index is 0.0347. The van der Waals surface area contributed by atoms with E-state index in [1.807, 2.05) is 13.8 Å². The van der Waals surface area contributed by atoms with E-state index in [2.05, 4.69) is 106 Å². The van der Waals surface area contributed by atoms with Crippen molar-refractivity contribution in [3.63, 3.8) is 0 Å². The topological polar surface area (TPSA) is 791 Å². The van der Waals surface area contributed by atoms with Crippen molar-refractivity contribution in [2.45, 2.75) is 173 Å². The van der Waals surface area contributed by atoms with Crippen LogP contribution < -0.4 is 58.9 Å². The van der Waals surface area contributed by atoms with Gasteiger partial charge in [-0.1, -0.05) is 45.6 Å². The molecule has 62 heteroatoms. The number of amides is 10. The third-order valence-corrected chi connectivity index (χ3v) is 38.8. The van der Waals surface area contributed by atoms with Gasteiger partial charge in [0.1, 0.15) is 39.3 Å². The van der Waals surface area contributed by atoms with E-state index in [0.717, 1.165) is 50.3 Å². The van der Waals surface area contributed by atoms with Crippen LogP contribution in [0.5, 0.6) is 0 Å². The van der Waals surface area contributed by atoms with Gasteiger partial charge in [0, 0.05) is 91.1 Å². The number of carbonyl (C=O) groups excluding carboxylic acids is 12. The van der Waals surface area contributed by atoms with Gasteiger partial charge in [0.15, 0.2) is 52.8 Å². The second kappa shape index (κ2) is 100. The van der Waals surface area contributed by atoms with E-state index in [-0.39, 0.29) is 119 Å². The predicted octanol–water partition coefficient (Wildman–Crippen LogP) is 4.84. The minimum Gasteiger partial charge on any atom is -0.481 e. The molecule has 10 amide bonds. The summed E-state index contributed by atoms with van der Waals surface area (Å²) >= 11 is 12.5. The summed E-state index contributed by atoms with van der Waals surface area (Å²) in [6, 6.07) is 0. The number of aliphatic carboxylic acids is 4. The number of rotatable bonds is 76. The van der Waals surface area contributed by atoms with Crippen molar-refractivity contribution in [1.82, 2.24) is 53.2 Å². The lowest BCUT2D eigenvalue weighted by Crippen LogP contribution is -2.51. The normalized spacial score (nSPS) is 12.2. The molecule has 48 nitrogen and oxygen atoms in total. The third kappa shape index (κ3) is 84.4. The van der Waals surface area contributed by atoms with Gasteiger partial charge < -0.3 is 148 Å². The van der Waals surface area contributed by atoms with Gasteiger partial charge in [-0.3, -0.25) is 90.4 Å². The highest BCUT2D eigenvalue weighted by atomic mass is 79.9. The van der Waals surface area contributed by atoms with Crippen LogP contribution in [0.15, 0.2) is 0 Å². The second-order valence-corrected chi connectivity index (χ2v) is 57.3. The molecular formula is C87H181BrCl2N11O37P11+2. The molecule has 0 aromatic rings. The first-order valence-electron chi connectivity index (χ1n) is 48.5. The SMILES string of the molecule is CC.CC(C(=O)Cl)C(=O)Cl.CC(C(=O)NCCCP)C(=O)NCCCP.CC(CC(=O)O)(C(=O)NCCCP(CO)CO)C(=O)NCCCP(CO)CO.CC(CC(=O)O)(C(=O)NCCCP)C(=O)NCCCP.CC(CC(=O)O)(C(=O)NCCC[P+](CO)(CO)CO)C(=O)NCCC[P+](CO)(CO)CO.CCOP(=O)(CCCN)OCC.CCOP(C)(=O)CCCNC(=O)C(C)C(=O)NCCCP(C)(=O)OCC.O=C(O)CBr. The average Bonchev–Trinajstić information content (AvgIpc) is 0.827. The minimum atomic E-state index is -2.82. The summed E-state index contributed by atoms with van der Waals surface area (Å²) in [5.74, 6) is -12.1. The average molecular weight is 2460 g/mol. The van der Waals surface area contributed by atoms with E-state index in [1.54, 1.807) is 47.9 Å². The third-order valence-electron chi connectivity index (χ3n) is 20.4. The summed E-state index contributed by atoms with van der Waals surface area (Å²) in [5, 5.41) is 152. The molecular weight excluding hydrogens is 2280 g/mol. The largest absolute Gasteiger partial charge is 0.481 e. The molecule has 6 atom stereocenters. The first-order valence-corrected chi connectivity index (χ1v) is 68.8. The predicted molar refractivity (Wildman–Crippen MR) is 605 cm³/mol. The first-order chi connectivity index (χ1) is 69.8. The number of carboxylic acids is 4. The molecule has 0 rings (SSSR count). The van der Waals surface area contributed by atoms with Crippen molar-refractivity contribution >= 4 is 222 Å². The van der Waals surface area contributed by atoms with Gasteiger partial charge in [-0.15, -0.1) is 37.0 Å². The molecule has 0 radical (unpaired) electrons. The Morgan fingerprint density at radius 3 is 0.752 bits per heavy atom. The molecule has 26 N–H and O–H groups in total. The first kappa shape index (κ1) is 163. The number of hydrogen-bond acceptors (Lipinski definition) is 34. The van der Waals surface area contributed by atoms with Crippen molar-refractivity contribution in [3.8, 4) is 0 Å². The Kier molecular flexibility index (Phi) is 109. The molecule has 0 fully saturated rings. The highest BCUT2D eigenvalue weighted by molar-refractivity contribution is 9.09. The van der Waals surface area contributed by atoms with E-state index in [1.165, 1.54) is 34.6 Å². The molecule has 880 valence electrons. The Bertz CT molecular complexity index is 3650. The second-order valence-electron chi connectivity index (χ2n) is 33.4. The van der Waals surface area contributed by atoms with Gasteiger partial charge in [-0.25, -0.2) is 0 Å². The van der Waals surface area contributed by atoms with Gasteiger partial charge in [0.2, 0.25) is 69.6 Å². The van der Waals surface area contributed by atoms with Gasteiger partial charge >= 0.3 is 31.5 Å². The van der Waals surface area contributed by atoms with Gasteiger partial charge in [-0.05, 0) is 207 Å². The highest BCUT2D eigenvalue weighted by Crippen LogP contribution is 2.57. The fourth-order valence-electron chi connectivity index (χ4n) is 11.0. The van der Waals surface area contributed by atoms with Gasteiger partial charge in [0.05, 0.1) is 104 Å². The van der Waals surface area contributed by atoms with Crippen LogP contribution in [-0.2, 0) is 109 Å². The number of carbonyl (C=O) groups is 16. The maximum Gasteiger partial charge on any atom is 0.330 e. The summed E-state index contributed by atoms with van der Waals surface area (Å²) in [6.07, 6.45) is 8.83. The number of carboxylic acid groups (broad SMARTS) is 4. The number of nitrogens with two attached hydrogens (primary N) is 1. The fourth-order valence-corrected chi connectivity index (χ4v) is 21.6. The number of hydrogen-bond donors (Lipinski definition) is 25. The molecule has 0 aliphatic heterocycles. The Hall–Kier alpha value is -3.49. The standard InChI is InChI=1S/C18H36N2O10P2.C16H32N2O8P2.C16H34N2O6P2.C12H24N2O4P2.C10H22N2O2P2.C7H18NO3P.C4H4Cl2O2.C2H3BrO2.C2H6/c1-18(8-15(27)28,16(29)19-4-2-6-31(9-21,10-22)11-23)17(30)20-5-3-7-32(12-24,13-25)14-26;1-16(8-13(23)24,14(25)17-4-2-6-27(9-19)10-20)15(26)18-5-3-7-28(11-21)12-22;1-6-23-25(4,21)12-8-10-17-15(19)14(3)16(20)18-11-9-13-26(5,22)24-7-2;1-12(8-9(15)16,10(17)13-4-2-6-19)11(18)14-5-3-7-20;1-8(9(13)11-4-2-6-15)10(14)12-5-3-7-16;1-3-10-12(9,11-4-2)7-5-6-8;1-2(3(5)7)4(6)8;3-1-2(4)5;1-2/h21-26H,2-14H2,1H3,(H-2,19,20,27,28,29,30);19-22H,2-12H2,1H3,(H,17,25)(H,18,26)(H,23,24);14H,6-13H2,1-5H3,(H,17,19)(H,18,20);2-8,19-20H2,1H3,(H,13,17)(H,14,18)(H,15,16);8H,2-7,15-16H2,1H3,(H,11,13)(H,12,14);3-8H2,1-2H3;2H,1H3;1H2,(H,4,5);1-2H3/p+2. The van der Waals surface area contributed by atoms with Crippen LogP contribution in [0.25, 0.3) is 0 Å². The number of halogens is 3. The summed E-state index contributed by atoms with van der Waals surface area (Å²) in [7, 11) is -4.20. The van der Waals surface area contributed by atoms with Crippen LogP contribution in [0.1, 0.15) is 173 Å². The molecule has 0 heterocycles. The van der Waals surface area contributed by atoms with Gasteiger partial charge in [-0.2, -0.15) is 0 Å². The summed E-state index contributed by atoms with van der Waals surface area (Å²) < 4.78 is 56.0. The van der Waals surface area contributed by atoms with E-state index in [4.69, 9.17) is 82.8 Å². The number of aliphatic hydroxyl groups excluding tert-OH is 10. The number of alkyl halides is 1. The van der Waals surface area contributed by atoms with E-state index >= 15 is 0 Å². The molecule has 6 unspecified atom stereocenters. The lowest BCUT2D eigenvalue weighted by atomic mass is 9.84. The van der Waals surface area contributed by atoms with Crippen molar-refractivity contribution in [2.24, 2.45) is 39.7 Å². The maximum atomic E-state index is 12.6. The fraction of sp³-hybridized carbons (Fsp3) is 0.816. The zero-order valence-corrected chi connectivity index (χ0v) is 103. The zero-order valence-electron chi connectivity index (χ0n) is 89.1. The van der Waals surface area contributed by atoms with Crippen molar-refractivity contribution < 1.29 is 180 Å². The molecule has 0 saturated carbocycles. The Balaban J connectivity index is -0.000000223. The maximum absolute atomic E-state index is 12.6. The molecule has 149 heavy (non-hydrogen) atoms. The molecule has 0 aliphatic carbocycles. The van der Waals surface area contributed by atoms with E-state index in [9.17, 15) is 126 Å². The van der Waals surface area contributed by atoms with Crippen LogP contribution in [0.2, 0.25) is 0 Å². The molecule has 0 saturated heterocycles. The highest BCUT2D eigenvalue weighted by Gasteiger charge is 2.47. The lowest BCUT2D eigenvalue weighted by molar-refractivity contribution is -0.151. The Morgan fingerprint density at radius 1 is 0.356 bits per heavy atom. The van der Waals surface area contributed by atoms with E-state index in [0.29, 0.717) is 160 Å². The number of nitrogens with one attached hydrogen (secondary N) is 10. The zero-order chi connectivity index (χ0) is 117. The van der Waals surface area contributed by atoms with Crippen molar-refractivity contribution in [1.29, 1.82) is 0 Å². The monoisotopic (exact) mass is 2460 g/mol. The summed E-state index contributed by atoms with van der Waals surface area (Å²) in [6.45, 7) is 28.2. The van der Waals surface area contributed by atoms with E-state index < -0.39 is 176 Å². The van der Waals surface area contributed by atoms with Crippen LogP contribution in [0.4, 0.5) is 0 Å². The summed E-state index contributed by atoms with van der Waals surface area (Å²) in [4.78, 5) is 184. The smallest absolute Gasteiger partial charge is 0.330 e. The van der Waals surface area contributed by atoms with Crippen LogP contribution in [-0.4, -0.2) is 413 Å². The van der Waals surface area contributed by atoms with Crippen LogP contribution >= 0.6 is 129 Å². The molecule has 0 aromatic heterocycles. The van der Waals surface area contributed by atoms with Gasteiger partial charge in [0.25, 0.3) is 0 Å². The van der Waals surface area contributed by atoms with Crippen LogP contribution in [0.3, 0.4) is 0 Å². The van der Waals surface area contributed by atoms with Crippen molar-refractivity contribution in [2.75, 3.05) is 248 Å². The lowest BCUT2D eigenvalue weighted by Gasteiger charge is -2.26.